The Morgan fingerprint density at radius 2 is 1.95 bits per heavy atom. The number of hydrogen-bond acceptors (Lipinski definition) is 3. The second-order valence-corrected chi connectivity index (χ2v) is 6.75. The van der Waals surface area contributed by atoms with Crippen LogP contribution >= 0.6 is 0 Å². The predicted octanol–water partition coefficient (Wildman–Crippen LogP) is 3.28. The van der Waals surface area contributed by atoms with Crippen LogP contribution in [0, 0.1) is 11.8 Å². The van der Waals surface area contributed by atoms with E-state index in [-0.39, 0.29) is 0 Å². The Bertz CT molecular complexity index is 581. The van der Waals surface area contributed by atoms with Crippen molar-refractivity contribution in [2.75, 3.05) is 13.1 Å². The van der Waals surface area contributed by atoms with Gasteiger partial charge in [-0.2, -0.15) is 0 Å². The molecule has 2 aromatic rings. The van der Waals surface area contributed by atoms with Gasteiger partial charge < -0.3 is 9.73 Å². The Balaban J connectivity index is 1.33. The van der Waals surface area contributed by atoms with Gasteiger partial charge >= 0.3 is 0 Å². The molecule has 1 saturated carbocycles. The maximum atomic E-state index is 5.43. The molecule has 2 heterocycles. The molecule has 1 aliphatic carbocycles. The van der Waals surface area contributed by atoms with Crippen molar-refractivity contribution in [3.05, 3.63) is 60.1 Å². The van der Waals surface area contributed by atoms with Crippen molar-refractivity contribution in [1.29, 1.82) is 0 Å². The zero-order valence-electron chi connectivity index (χ0n) is 12.9. The minimum Gasteiger partial charge on any atom is -0.468 e. The Labute approximate surface area is 132 Å². The third-order valence-electron chi connectivity index (χ3n) is 5.30. The van der Waals surface area contributed by atoms with Crippen LogP contribution in [0.2, 0.25) is 0 Å². The molecular formula is C19H24N2O. The van der Waals surface area contributed by atoms with E-state index in [4.69, 9.17) is 4.42 Å². The number of fused-ring (bicyclic) bond motifs is 1. The van der Waals surface area contributed by atoms with Gasteiger partial charge in [-0.05, 0) is 42.4 Å². The second kappa shape index (κ2) is 6.27. The van der Waals surface area contributed by atoms with E-state index in [2.05, 4.69) is 46.6 Å². The van der Waals surface area contributed by atoms with E-state index in [0.717, 1.165) is 30.7 Å². The molecule has 1 N–H and O–H groups in total. The van der Waals surface area contributed by atoms with Gasteiger partial charge in [0.05, 0.1) is 12.8 Å². The third-order valence-corrected chi connectivity index (χ3v) is 5.30. The van der Waals surface area contributed by atoms with Crippen molar-refractivity contribution >= 4 is 0 Å². The number of nitrogens with zero attached hydrogens (tertiary/aromatic N) is 1. The average Bonchev–Trinajstić information content (AvgIpc) is 3.24. The first-order chi connectivity index (χ1) is 10.9. The summed E-state index contributed by atoms with van der Waals surface area (Å²) in [6.07, 6.45) is 4.44. The molecule has 2 aliphatic rings. The van der Waals surface area contributed by atoms with Gasteiger partial charge in [0, 0.05) is 25.7 Å². The summed E-state index contributed by atoms with van der Waals surface area (Å²) in [4.78, 5) is 2.63. The van der Waals surface area contributed by atoms with Gasteiger partial charge in [-0.25, -0.2) is 0 Å². The van der Waals surface area contributed by atoms with Gasteiger partial charge in [-0.1, -0.05) is 30.3 Å². The molecule has 0 spiro atoms. The van der Waals surface area contributed by atoms with Crippen molar-refractivity contribution in [2.24, 2.45) is 11.8 Å². The number of nitrogens with one attached hydrogen (secondary N) is 1. The van der Waals surface area contributed by atoms with Crippen LogP contribution in [-0.4, -0.2) is 24.0 Å². The number of furan rings is 1. The zero-order valence-corrected chi connectivity index (χ0v) is 12.9. The summed E-state index contributed by atoms with van der Waals surface area (Å²) in [5.41, 5.74) is 1.43. The van der Waals surface area contributed by atoms with Gasteiger partial charge in [0.1, 0.15) is 5.76 Å². The number of benzene rings is 1. The summed E-state index contributed by atoms with van der Waals surface area (Å²) < 4.78 is 5.43. The number of likely N-dealkylation sites (tertiary alicyclic amines) is 1. The molecule has 3 nitrogen and oxygen atoms in total. The topological polar surface area (TPSA) is 28.4 Å². The third kappa shape index (κ3) is 2.96. The Kier molecular flexibility index (Phi) is 4.00. The highest BCUT2D eigenvalue weighted by Gasteiger charge is 2.42. The van der Waals surface area contributed by atoms with E-state index < -0.39 is 0 Å². The Morgan fingerprint density at radius 3 is 2.77 bits per heavy atom. The number of rotatable bonds is 5. The molecular weight excluding hydrogens is 272 g/mol. The first-order valence-electron chi connectivity index (χ1n) is 8.40. The van der Waals surface area contributed by atoms with Crippen molar-refractivity contribution in [3.63, 3.8) is 0 Å². The van der Waals surface area contributed by atoms with E-state index >= 15 is 0 Å². The predicted molar refractivity (Wildman–Crippen MR) is 87.3 cm³/mol. The number of hydrogen-bond donors (Lipinski definition) is 1. The molecule has 3 atom stereocenters. The monoisotopic (exact) mass is 296 g/mol. The standard InChI is InChI=1S/C19H24N2O/c1-2-5-15(6-3-1)12-21-13-16-8-9-19(18(16)14-21)20-11-17-7-4-10-22-17/h1-7,10,16,18-20H,8-9,11-14H2/t16-,18+,19?/m1/s1. The highest BCUT2D eigenvalue weighted by atomic mass is 16.3. The van der Waals surface area contributed by atoms with Crippen molar-refractivity contribution in [2.45, 2.75) is 32.0 Å². The molecule has 1 unspecified atom stereocenters. The second-order valence-electron chi connectivity index (χ2n) is 6.75. The fourth-order valence-electron chi connectivity index (χ4n) is 4.23. The van der Waals surface area contributed by atoms with Gasteiger partial charge in [0.2, 0.25) is 0 Å². The molecule has 1 aromatic heterocycles. The first-order valence-corrected chi connectivity index (χ1v) is 8.40. The van der Waals surface area contributed by atoms with E-state index in [1.54, 1.807) is 6.26 Å². The lowest BCUT2D eigenvalue weighted by atomic mass is 9.98. The molecule has 0 radical (unpaired) electrons. The van der Waals surface area contributed by atoms with Crippen LogP contribution in [0.1, 0.15) is 24.2 Å². The molecule has 0 bridgehead atoms. The molecule has 1 aliphatic heterocycles. The molecule has 4 rings (SSSR count). The van der Waals surface area contributed by atoms with Gasteiger partial charge in [-0.15, -0.1) is 0 Å². The molecule has 116 valence electrons. The summed E-state index contributed by atoms with van der Waals surface area (Å²) in [6.45, 7) is 4.45. The fraction of sp³-hybridized carbons (Fsp3) is 0.474. The molecule has 22 heavy (non-hydrogen) atoms. The lowest BCUT2D eigenvalue weighted by molar-refractivity contribution is 0.286. The minimum atomic E-state index is 0.649. The van der Waals surface area contributed by atoms with Crippen LogP contribution in [0.3, 0.4) is 0 Å². The molecule has 0 amide bonds. The van der Waals surface area contributed by atoms with Gasteiger partial charge in [0.25, 0.3) is 0 Å². The minimum absolute atomic E-state index is 0.649. The SMILES string of the molecule is c1ccc(CN2C[C@H]3CCC(NCc4ccco4)[C@H]3C2)cc1. The van der Waals surface area contributed by atoms with Crippen LogP contribution in [0.5, 0.6) is 0 Å². The highest BCUT2D eigenvalue weighted by molar-refractivity contribution is 5.15. The van der Waals surface area contributed by atoms with E-state index in [0.29, 0.717) is 6.04 Å². The largest absolute Gasteiger partial charge is 0.468 e. The summed E-state index contributed by atoms with van der Waals surface area (Å²) in [7, 11) is 0. The Morgan fingerprint density at radius 1 is 1.05 bits per heavy atom. The first kappa shape index (κ1) is 14.0. The van der Waals surface area contributed by atoms with Gasteiger partial charge in [0.15, 0.2) is 0 Å². The highest BCUT2D eigenvalue weighted by Crippen LogP contribution is 2.38. The quantitative estimate of drug-likeness (QED) is 0.918. The summed E-state index contributed by atoms with van der Waals surface area (Å²) in [5.74, 6) is 2.72. The molecule has 1 saturated heterocycles. The lowest BCUT2D eigenvalue weighted by Crippen LogP contribution is -2.35. The van der Waals surface area contributed by atoms with Crippen LogP contribution in [0.15, 0.2) is 53.1 Å². The van der Waals surface area contributed by atoms with Gasteiger partial charge in [-0.3, -0.25) is 4.90 Å². The van der Waals surface area contributed by atoms with Crippen molar-refractivity contribution in [3.8, 4) is 0 Å². The average molecular weight is 296 g/mol. The van der Waals surface area contributed by atoms with Crippen LogP contribution in [-0.2, 0) is 13.1 Å². The Hall–Kier alpha value is -1.58. The fourth-order valence-corrected chi connectivity index (χ4v) is 4.23. The maximum Gasteiger partial charge on any atom is 0.117 e. The summed E-state index contributed by atoms with van der Waals surface area (Å²) >= 11 is 0. The van der Waals surface area contributed by atoms with E-state index in [1.807, 2.05) is 6.07 Å². The normalized spacial score (nSPS) is 28.1. The maximum absolute atomic E-state index is 5.43. The molecule has 2 fully saturated rings. The smallest absolute Gasteiger partial charge is 0.117 e. The van der Waals surface area contributed by atoms with E-state index in [9.17, 15) is 0 Å². The molecule has 1 aromatic carbocycles. The lowest BCUT2D eigenvalue weighted by Gasteiger charge is -2.21. The van der Waals surface area contributed by atoms with Crippen LogP contribution in [0.4, 0.5) is 0 Å². The summed E-state index contributed by atoms with van der Waals surface area (Å²) in [6, 6.07) is 15.5. The summed E-state index contributed by atoms with van der Waals surface area (Å²) in [5, 5.41) is 3.72. The van der Waals surface area contributed by atoms with Crippen LogP contribution in [0.25, 0.3) is 0 Å². The van der Waals surface area contributed by atoms with Crippen LogP contribution < -0.4 is 5.32 Å². The van der Waals surface area contributed by atoms with Crippen molar-refractivity contribution < 1.29 is 4.42 Å². The van der Waals surface area contributed by atoms with Crippen molar-refractivity contribution in [1.82, 2.24) is 10.2 Å². The zero-order chi connectivity index (χ0) is 14.8. The molecule has 3 heteroatoms. The van der Waals surface area contributed by atoms with E-state index in [1.165, 1.54) is 31.5 Å².